The summed E-state index contributed by atoms with van der Waals surface area (Å²) in [6.07, 6.45) is 3.83. The highest BCUT2D eigenvalue weighted by molar-refractivity contribution is 6.00. The van der Waals surface area contributed by atoms with E-state index in [0.717, 1.165) is 6.07 Å². The first-order chi connectivity index (χ1) is 13.5. The maximum Gasteiger partial charge on any atom is 0.257 e. The summed E-state index contributed by atoms with van der Waals surface area (Å²) in [7, 11) is 0. The number of benzene rings is 1. The van der Waals surface area contributed by atoms with Gasteiger partial charge in [-0.1, -0.05) is 6.07 Å². The van der Waals surface area contributed by atoms with Crippen molar-refractivity contribution in [3.8, 4) is 0 Å². The zero-order valence-corrected chi connectivity index (χ0v) is 15.3. The second-order valence-corrected chi connectivity index (χ2v) is 6.92. The fourth-order valence-corrected chi connectivity index (χ4v) is 3.54. The third kappa shape index (κ3) is 3.55. The van der Waals surface area contributed by atoms with Gasteiger partial charge in [0.25, 0.3) is 5.91 Å². The Morgan fingerprint density at radius 1 is 1.14 bits per heavy atom. The van der Waals surface area contributed by atoms with Crippen molar-refractivity contribution in [3.05, 3.63) is 65.5 Å². The fraction of sp³-hybridized carbons (Fsp3) is 0.300. The van der Waals surface area contributed by atoms with E-state index in [9.17, 15) is 13.6 Å². The molecule has 1 saturated heterocycles. The summed E-state index contributed by atoms with van der Waals surface area (Å²) in [4.78, 5) is 21.1. The number of anilines is 1. The van der Waals surface area contributed by atoms with Crippen LogP contribution in [0.4, 0.5) is 14.6 Å². The Balaban J connectivity index is 1.36. The highest BCUT2D eigenvalue weighted by Gasteiger charge is 2.24. The monoisotopic (exact) mass is 385 g/mol. The van der Waals surface area contributed by atoms with Gasteiger partial charge in [-0.15, -0.1) is 0 Å². The number of nitrogens with two attached hydrogens (primary N) is 1. The van der Waals surface area contributed by atoms with Crippen LogP contribution in [0, 0.1) is 11.6 Å². The summed E-state index contributed by atoms with van der Waals surface area (Å²) in [6, 6.07) is 7.22. The van der Waals surface area contributed by atoms with Gasteiger partial charge in [0.05, 0.1) is 11.8 Å². The Labute approximate surface area is 161 Å². The summed E-state index contributed by atoms with van der Waals surface area (Å²) >= 11 is 0. The highest BCUT2D eigenvalue weighted by atomic mass is 19.1. The average molecular weight is 385 g/mol. The van der Waals surface area contributed by atoms with Crippen molar-refractivity contribution in [1.82, 2.24) is 19.2 Å². The number of nitrogens with zero attached hydrogens (tertiary/aromatic N) is 4. The molecule has 1 fully saturated rings. The van der Waals surface area contributed by atoms with Crippen LogP contribution in [0.1, 0.15) is 15.9 Å². The zero-order valence-electron chi connectivity index (χ0n) is 15.3. The third-order valence-corrected chi connectivity index (χ3v) is 5.17. The van der Waals surface area contributed by atoms with Gasteiger partial charge in [-0.05, 0) is 30.2 Å². The fourth-order valence-electron chi connectivity index (χ4n) is 3.54. The van der Waals surface area contributed by atoms with Gasteiger partial charge in [-0.25, -0.2) is 13.8 Å². The SMILES string of the molecule is Nc1cnc2c(C(=O)N3CCN(CCc4ccc(F)cc4F)CC3)cccn12. The number of halogens is 2. The number of amides is 1. The lowest BCUT2D eigenvalue weighted by atomic mass is 10.1. The molecule has 0 radical (unpaired) electrons. The lowest BCUT2D eigenvalue weighted by Crippen LogP contribution is -2.49. The number of piperazine rings is 1. The van der Waals surface area contributed by atoms with Gasteiger partial charge < -0.3 is 10.6 Å². The summed E-state index contributed by atoms with van der Waals surface area (Å²) in [5.74, 6) is -0.661. The first-order valence-corrected chi connectivity index (χ1v) is 9.20. The number of pyridine rings is 1. The number of rotatable bonds is 4. The van der Waals surface area contributed by atoms with Crippen molar-refractivity contribution in [2.45, 2.75) is 6.42 Å². The average Bonchev–Trinajstić information content (AvgIpc) is 3.08. The molecule has 3 aromatic rings. The summed E-state index contributed by atoms with van der Waals surface area (Å²) in [6.45, 7) is 3.24. The molecule has 1 aliphatic rings. The Morgan fingerprint density at radius 3 is 2.68 bits per heavy atom. The molecule has 4 rings (SSSR count). The van der Waals surface area contributed by atoms with E-state index in [2.05, 4.69) is 9.88 Å². The van der Waals surface area contributed by atoms with Crippen LogP contribution in [0.2, 0.25) is 0 Å². The molecular formula is C20H21F2N5O. The second kappa shape index (κ2) is 7.55. The minimum Gasteiger partial charge on any atom is -0.383 e. The van der Waals surface area contributed by atoms with Gasteiger partial charge in [0.15, 0.2) is 5.65 Å². The molecule has 0 saturated carbocycles. The van der Waals surface area contributed by atoms with Gasteiger partial charge >= 0.3 is 0 Å². The van der Waals surface area contributed by atoms with Crippen molar-refractivity contribution in [1.29, 1.82) is 0 Å². The molecule has 28 heavy (non-hydrogen) atoms. The number of fused-ring (bicyclic) bond motifs is 1. The van der Waals surface area contributed by atoms with Gasteiger partial charge in [-0.3, -0.25) is 14.1 Å². The van der Waals surface area contributed by atoms with Crippen LogP contribution in [0.25, 0.3) is 5.65 Å². The van der Waals surface area contributed by atoms with E-state index in [-0.39, 0.29) is 5.91 Å². The van der Waals surface area contributed by atoms with Crippen LogP contribution in [-0.4, -0.2) is 57.8 Å². The summed E-state index contributed by atoms with van der Waals surface area (Å²) < 4.78 is 28.5. The Bertz CT molecular complexity index is 1010. The Kier molecular flexibility index (Phi) is 4.95. The minimum absolute atomic E-state index is 0.0690. The van der Waals surface area contributed by atoms with Gasteiger partial charge in [-0.2, -0.15) is 0 Å². The van der Waals surface area contributed by atoms with Crippen LogP contribution >= 0.6 is 0 Å². The first kappa shape index (κ1) is 18.4. The highest BCUT2D eigenvalue weighted by Crippen LogP contribution is 2.17. The molecule has 6 nitrogen and oxygen atoms in total. The van der Waals surface area contributed by atoms with E-state index in [1.807, 2.05) is 0 Å². The van der Waals surface area contributed by atoms with E-state index >= 15 is 0 Å². The smallest absolute Gasteiger partial charge is 0.257 e. The van der Waals surface area contributed by atoms with Crippen molar-refractivity contribution < 1.29 is 13.6 Å². The molecule has 1 aromatic carbocycles. The van der Waals surface area contributed by atoms with E-state index in [0.29, 0.717) is 61.7 Å². The van der Waals surface area contributed by atoms with Crippen LogP contribution in [0.15, 0.2) is 42.7 Å². The number of carbonyl (C=O) groups is 1. The molecule has 8 heteroatoms. The molecule has 1 amide bonds. The number of nitrogen functional groups attached to an aromatic ring is 1. The molecule has 3 heterocycles. The number of aromatic nitrogens is 2. The largest absolute Gasteiger partial charge is 0.383 e. The molecule has 2 aromatic heterocycles. The summed E-state index contributed by atoms with van der Waals surface area (Å²) in [5.41, 5.74) is 7.45. The molecule has 1 aliphatic heterocycles. The van der Waals surface area contributed by atoms with Crippen LogP contribution < -0.4 is 5.73 Å². The molecule has 0 aliphatic carbocycles. The Morgan fingerprint density at radius 2 is 1.93 bits per heavy atom. The van der Waals surface area contributed by atoms with E-state index < -0.39 is 11.6 Å². The Hall–Kier alpha value is -3.00. The first-order valence-electron chi connectivity index (χ1n) is 9.20. The van der Waals surface area contributed by atoms with Gasteiger partial charge in [0.2, 0.25) is 0 Å². The van der Waals surface area contributed by atoms with Crippen molar-refractivity contribution in [2.24, 2.45) is 0 Å². The molecule has 0 unspecified atom stereocenters. The number of hydrogen-bond donors (Lipinski definition) is 1. The number of hydrogen-bond acceptors (Lipinski definition) is 4. The molecule has 0 atom stereocenters. The number of carbonyl (C=O) groups excluding carboxylic acids is 1. The lowest BCUT2D eigenvalue weighted by molar-refractivity contribution is 0.0639. The predicted octanol–water partition coefficient (Wildman–Crippen LogP) is 2.20. The van der Waals surface area contributed by atoms with Crippen LogP contribution in [0.3, 0.4) is 0 Å². The molecule has 146 valence electrons. The topological polar surface area (TPSA) is 66.9 Å². The zero-order chi connectivity index (χ0) is 19.7. The van der Waals surface area contributed by atoms with E-state index in [1.54, 1.807) is 33.8 Å². The van der Waals surface area contributed by atoms with Gasteiger partial charge in [0.1, 0.15) is 17.5 Å². The van der Waals surface area contributed by atoms with E-state index in [4.69, 9.17) is 5.73 Å². The van der Waals surface area contributed by atoms with Crippen molar-refractivity contribution >= 4 is 17.4 Å². The van der Waals surface area contributed by atoms with Gasteiger partial charge in [0, 0.05) is 45.0 Å². The third-order valence-electron chi connectivity index (χ3n) is 5.17. The van der Waals surface area contributed by atoms with Crippen molar-refractivity contribution in [3.63, 3.8) is 0 Å². The molecular weight excluding hydrogens is 364 g/mol. The van der Waals surface area contributed by atoms with Crippen molar-refractivity contribution in [2.75, 3.05) is 38.5 Å². The lowest BCUT2D eigenvalue weighted by Gasteiger charge is -2.34. The number of imidazole rings is 1. The standard InChI is InChI=1S/C20H21F2N5O/c21-15-4-3-14(17(22)12-15)5-7-25-8-10-26(11-9-25)20(28)16-2-1-6-27-18(23)13-24-19(16)27/h1-4,6,12-13H,5,7-11,23H2. The molecule has 0 spiro atoms. The summed E-state index contributed by atoms with van der Waals surface area (Å²) in [5, 5.41) is 0. The normalized spacial score (nSPS) is 15.3. The molecule has 2 N–H and O–H groups in total. The maximum atomic E-state index is 13.8. The quantitative estimate of drug-likeness (QED) is 0.748. The van der Waals surface area contributed by atoms with E-state index in [1.165, 1.54) is 12.1 Å². The predicted molar refractivity (Wildman–Crippen MR) is 102 cm³/mol. The second-order valence-electron chi connectivity index (χ2n) is 6.92. The molecule has 0 bridgehead atoms. The minimum atomic E-state index is -0.567. The van der Waals surface area contributed by atoms with Crippen LogP contribution in [0.5, 0.6) is 0 Å². The van der Waals surface area contributed by atoms with Crippen LogP contribution in [-0.2, 0) is 6.42 Å². The maximum absolute atomic E-state index is 13.8.